The van der Waals surface area contributed by atoms with Gasteiger partial charge in [-0.05, 0) is 11.1 Å². The minimum Gasteiger partial charge on any atom is -0.469 e. The van der Waals surface area contributed by atoms with E-state index in [9.17, 15) is 9.59 Å². The van der Waals surface area contributed by atoms with E-state index in [1.54, 1.807) is 30.3 Å². The summed E-state index contributed by atoms with van der Waals surface area (Å²) in [6, 6.07) is 8.00. The summed E-state index contributed by atoms with van der Waals surface area (Å²) >= 11 is 0. The topological polar surface area (TPSA) is 101 Å². The molecule has 2 atom stereocenters. The van der Waals surface area contributed by atoms with Crippen LogP contribution in [-0.2, 0) is 19.1 Å². The normalized spacial score (nSPS) is 12.7. The first-order chi connectivity index (χ1) is 9.58. The fourth-order valence-corrected chi connectivity index (χ4v) is 1.74. The summed E-state index contributed by atoms with van der Waals surface area (Å²) in [4.78, 5) is 25.3. The van der Waals surface area contributed by atoms with Gasteiger partial charge in [-0.25, -0.2) is 0 Å². The smallest absolute Gasteiger partial charge is 0.309 e. The third-order valence-corrected chi connectivity index (χ3v) is 2.58. The van der Waals surface area contributed by atoms with Crippen LogP contribution in [0.1, 0.15) is 24.9 Å². The lowest BCUT2D eigenvalue weighted by molar-refractivity contribution is -0.153. The van der Waals surface area contributed by atoms with Crippen molar-refractivity contribution in [3.8, 4) is 0 Å². The van der Waals surface area contributed by atoms with Crippen LogP contribution in [-0.4, -0.2) is 25.2 Å². The molecule has 0 saturated carbocycles. The molecule has 0 spiro atoms. The largest absolute Gasteiger partial charge is 0.469 e. The van der Waals surface area contributed by atoms with Crippen LogP contribution in [0.5, 0.6) is 0 Å². The van der Waals surface area contributed by atoms with Gasteiger partial charge in [-0.1, -0.05) is 35.4 Å². The fourth-order valence-electron chi connectivity index (χ4n) is 1.74. The molecule has 0 radical (unpaired) electrons. The number of methoxy groups -OCH3 is 1. The van der Waals surface area contributed by atoms with Gasteiger partial charge in [-0.2, -0.15) is 0 Å². The standard InChI is InChI=1S/C13H15N3O4/c1-9(17)20-11(8-12(18)19-2)13(15-16-14)10-6-4-3-5-7-10/h3-7,11,13H,8H2,1-2H3/t11-,13+/m1/s1. The molecule has 0 heterocycles. The van der Waals surface area contributed by atoms with Crippen LogP contribution >= 0.6 is 0 Å². The van der Waals surface area contributed by atoms with E-state index >= 15 is 0 Å². The number of esters is 2. The average Bonchev–Trinajstić information content (AvgIpc) is 2.44. The Morgan fingerprint density at radius 1 is 1.35 bits per heavy atom. The van der Waals surface area contributed by atoms with Crippen molar-refractivity contribution in [2.24, 2.45) is 5.11 Å². The molecule has 1 aromatic carbocycles. The van der Waals surface area contributed by atoms with Crippen molar-refractivity contribution in [2.75, 3.05) is 7.11 Å². The van der Waals surface area contributed by atoms with E-state index in [0.717, 1.165) is 0 Å². The Kier molecular flexibility index (Phi) is 6.06. The fraction of sp³-hybridized carbons (Fsp3) is 0.385. The Morgan fingerprint density at radius 3 is 2.50 bits per heavy atom. The number of carbonyl (C=O) groups excluding carboxylic acids is 2. The number of nitrogens with zero attached hydrogens (tertiary/aromatic N) is 3. The molecular formula is C13H15N3O4. The average molecular weight is 277 g/mol. The summed E-state index contributed by atoms with van der Waals surface area (Å²) in [5.74, 6) is -1.11. The maximum atomic E-state index is 11.4. The van der Waals surface area contributed by atoms with E-state index in [4.69, 9.17) is 10.3 Å². The van der Waals surface area contributed by atoms with E-state index in [-0.39, 0.29) is 6.42 Å². The van der Waals surface area contributed by atoms with Crippen LogP contribution in [0.3, 0.4) is 0 Å². The van der Waals surface area contributed by atoms with Gasteiger partial charge >= 0.3 is 11.9 Å². The maximum Gasteiger partial charge on any atom is 0.309 e. The zero-order valence-corrected chi connectivity index (χ0v) is 11.2. The maximum absolute atomic E-state index is 11.4. The molecule has 0 aliphatic rings. The molecule has 7 nitrogen and oxygen atoms in total. The second-order valence-corrected chi connectivity index (χ2v) is 3.99. The Bertz CT molecular complexity index is 512. The summed E-state index contributed by atoms with van der Waals surface area (Å²) in [6.07, 6.45) is -1.09. The molecule has 0 N–H and O–H groups in total. The first-order valence-corrected chi connectivity index (χ1v) is 5.91. The van der Waals surface area contributed by atoms with Gasteiger partial charge in [0.05, 0.1) is 13.5 Å². The molecule has 0 unspecified atom stereocenters. The van der Waals surface area contributed by atoms with E-state index in [1.807, 2.05) is 0 Å². The molecule has 1 aromatic rings. The van der Waals surface area contributed by atoms with Gasteiger partial charge in [0, 0.05) is 11.8 Å². The van der Waals surface area contributed by atoms with Crippen LogP contribution in [0.15, 0.2) is 35.4 Å². The summed E-state index contributed by atoms with van der Waals surface area (Å²) < 4.78 is 9.65. The highest BCUT2D eigenvalue weighted by Gasteiger charge is 2.28. The van der Waals surface area contributed by atoms with Crippen molar-refractivity contribution in [1.29, 1.82) is 0 Å². The second kappa shape index (κ2) is 7.81. The van der Waals surface area contributed by atoms with Crippen molar-refractivity contribution in [1.82, 2.24) is 0 Å². The van der Waals surface area contributed by atoms with Crippen LogP contribution in [0.4, 0.5) is 0 Å². The lowest BCUT2D eigenvalue weighted by Gasteiger charge is -2.22. The van der Waals surface area contributed by atoms with Crippen LogP contribution in [0, 0.1) is 0 Å². The van der Waals surface area contributed by atoms with Crippen LogP contribution < -0.4 is 0 Å². The van der Waals surface area contributed by atoms with Crippen molar-refractivity contribution < 1.29 is 19.1 Å². The Balaban J connectivity index is 3.07. The van der Waals surface area contributed by atoms with Gasteiger partial charge in [0.15, 0.2) is 0 Å². The number of ether oxygens (including phenoxy) is 2. The molecule has 20 heavy (non-hydrogen) atoms. The van der Waals surface area contributed by atoms with Gasteiger partial charge in [-0.3, -0.25) is 9.59 Å². The third kappa shape index (κ3) is 4.62. The van der Waals surface area contributed by atoms with Gasteiger partial charge in [0.1, 0.15) is 12.1 Å². The summed E-state index contributed by atoms with van der Waals surface area (Å²) in [7, 11) is 1.23. The first-order valence-electron chi connectivity index (χ1n) is 5.91. The molecule has 1 rings (SSSR count). The highest BCUT2D eigenvalue weighted by Crippen LogP contribution is 2.26. The number of carbonyl (C=O) groups is 2. The molecular weight excluding hydrogens is 262 g/mol. The van der Waals surface area contributed by atoms with Crippen molar-refractivity contribution in [3.05, 3.63) is 46.3 Å². The zero-order valence-electron chi connectivity index (χ0n) is 11.2. The number of hydrogen-bond donors (Lipinski definition) is 0. The molecule has 0 aromatic heterocycles. The highest BCUT2D eigenvalue weighted by atomic mass is 16.6. The van der Waals surface area contributed by atoms with Crippen molar-refractivity contribution in [2.45, 2.75) is 25.5 Å². The molecule has 0 aliphatic heterocycles. The molecule has 106 valence electrons. The Hall–Kier alpha value is -2.53. The van der Waals surface area contributed by atoms with E-state index in [2.05, 4.69) is 14.8 Å². The molecule has 0 aliphatic carbocycles. The Labute approximate surface area is 116 Å². The SMILES string of the molecule is COC(=O)C[C@@H](OC(C)=O)[C@@H](N=[N+]=[N-])c1ccccc1. The van der Waals surface area contributed by atoms with Gasteiger partial charge in [0.2, 0.25) is 0 Å². The lowest BCUT2D eigenvalue weighted by atomic mass is 10.00. The second-order valence-electron chi connectivity index (χ2n) is 3.99. The van der Waals surface area contributed by atoms with Gasteiger partial charge < -0.3 is 9.47 Å². The van der Waals surface area contributed by atoms with Crippen molar-refractivity contribution in [3.63, 3.8) is 0 Å². The zero-order chi connectivity index (χ0) is 15.0. The van der Waals surface area contributed by atoms with E-state index in [0.29, 0.717) is 5.56 Å². The lowest BCUT2D eigenvalue weighted by Crippen LogP contribution is -2.27. The molecule has 7 heteroatoms. The van der Waals surface area contributed by atoms with Gasteiger partial charge in [0.25, 0.3) is 0 Å². The summed E-state index contributed by atoms with van der Waals surface area (Å²) in [5, 5.41) is 3.63. The van der Waals surface area contributed by atoms with Gasteiger partial charge in [-0.15, -0.1) is 0 Å². The first kappa shape index (κ1) is 15.5. The summed E-state index contributed by atoms with van der Waals surface area (Å²) in [5.41, 5.74) is 9.33. The number of benzene rings is 1. The number of rotatable bonds is 6. The number of hydrogen-bond acceptors (Lipinski definition) is 5. The molecule has 0 fully saturated rings. The number of azide groups is 1. The van der Waals surface area contributed by atoms with Crippen molar-refractivity contribution >= 4 is 11.9 Å². The van der Waals surface area contributed by atoms with Crippen LogP contribution in [0.2, 0.25) is 0 Å². The third-order valence-electron chi connectivity index (χ3n) is 2.58. The highest BCUT2D eigenvalue weighted by molar-refractivity contribution is 5.71. The predicted molar refractivity (Wildman–Crippen MR) is 70.5 cm³/mol. The monoisotopic (exact) mass is 277 g/mol. The van der Waals surface area contributed by atoms with E-state index < -0.39 is 24.1 Å². The minimum atomic E-state index is -0.904. The molecule has 0 saturated heterocycles. The van der Waals surface area contributed by atoms with Crippen LogP contribution in [0.25, 0.3) is 10.4 Å². The Morgan fingerprint density at radius 2 is 2.00 bits per heavy atom. The molecule has 0 amide bonds. The quantitative estimate of drug-likeness (QED) is 0.345. The molecule has 0 bridgehead atoms. The minimum absolute atomic E-state index is 0.186. The predicted octanol–water partition coefficient (Wildman–Crippen LogP) is 2.53. The summed E-state index contributed by atoms with van der Waals surface area (Å²) in [6.45, 7) is 1.22. The van der Waals surface area contributed by atoms with E-state index in [1.165, 1.54) is 14.0 Å².